The van der Waals surface area contributed by atoms with Gasteiger partial charge in [-0.2, -0.15) is 0 Å². The summed E-state index contributed by atoms with van der Waals surface area (Å²) in [6.45, 7) is 5.49. The molecule has 1 amide bonds. The molecule has 0 unspecified atom stereocenters. The lowest BCUT2D eigenvalue weighted by Crippen LogP contribution is -2.42. The van der Waals surface area contributed by atoms with Gasteiger partial charge in [0.1, 0.15) is 11.4 Å². The summed E-state index contributed by atoms with van der Waals surface area (Å²) in [7, 11) is 1.39. The molecule has 2 aliphatic rings. The number of carbonyl (C=O) groups is 2. The summed E-state index contributed by atoms with van der Waals surface area (Å²) < 4.78 is 26.0. The van der Waals surface area contributed by atoms with Gasteiger partial charge >= 0.3 is 6.09 Å². The summed E-state index contributed by atoms with van der Waals surface area (Å²) in [5.41, 5.74) is 1.64. The Morgan fingerprint density at radius 3 is 2.37 bits per heavy atom. The van der Waals surface area contributed by atoms with Gasteiger partial charge in [-0.15, -0.1) is 0 Å². The normalized spacial score (nSPS) is 19.1. The Bertz CT molecular complexity index is 1490. The molecule has 3 aromatic rings. The van der Waals surface area contributed by atoms with Gasteiger partial charge < -0.3 is 25.2 Å². The molecular formula is C31H35ClFN3O5. The number of carbonyl (C=O) groups excluding carboxylic acids is 2. The van der Waals surface area contributed by atoms with E-state index in [4.69, 9.17) is 21.1 Å². The highest BCUT2D eigenvalue weighted by molar-refractivity contribution is 6.32. The number of aromatic hydroxyl groups is 1. The third kappa shape index (κ3) is 6.50. The smallest absolute Gasteiger partial charge is 0.407 e. The summed E-state index contributed by atoms with van der Waals surface area (Å²) in [4.78, 5) is 30.0. The first-order valence-corrected chi connectivity index (χ1v) is 14.3. The fourth-order valence-corrected chi connectivity index (χ4v) is 5.50. The van der Waals surface area contributed by atoms with Gasteiger partial charge in [0.15, 0.2) is 17.3 Å². The number of alkyl carbamates (subject to hydrolysis) is 1. The van der Waals surface area contributed by atoms with Gasteiger partial charge in [0.05, 0.1) is 28.9 Å². The second kappa shape index (κ2) is 11.4. The molecule has 8 nitrogen and oxygen atoms in total. The molecule has 0 bridgehead atoms. The lowest BCUT2D eigenvalue weighted by atomic mass is 9.90. The van der Waals surface area contributed by atoms with Crippen LogP contribution in [0.15, 0.2) is 30.5 Å². The molecule has 3 N–H and O–H groups in total. The van der Waals surface area contributed by atoms with Crippen LogP contribution in [0.4, 0.5) is 14.9 Å². The lowest BCUT2D eigenvalue weighted by molar-refractivity contribution is 0.0492. The van der Waals surface area contributed by atoms with Crippen LogP contribution in [0, 0.1) is 11.7 Å². The second-order valence-electron chi connectivity index (χ2n) is 11.9. The van der Waals surface area contributed by atoms with Crippen LogP contribution in [0.2, 0.25) is 5.02 Å². The van der Waals surface area contributed by atoms with Crippen molar-refractivity contribution in [2.75, 3.05) is 12.4 Å². The number of nitrogens with zero attached hydrogens (tertiary/aromatic N) is 1. The molecule has 41 heavy (non-hydrogen) atoms. The number of fused-ring (bicyclic) bond motifs is 1. The number of hydrogen-bond donors (Lipinski definition) is 3. The Labute approximate surface area is 243 Å². The van der Waals surface area contributed by atoms with Crippen molar-refractivity contribution in [2.24, 2.45) is 5.92 Å². The van der Waals surface area contributed by atoms with Gasteiger partial charge in [-0.25, -0.2) is 9.18 Å². The first-order valence-electron chi connectivity index (χ1n) is 13.9. The topological polar surface area (TPSA) is 110 Å². The number of benzene rings is 2. The summed E-state index contributed by atoms with van der Waals surface area (Å²) in [5.74, 6) is -0.615. The van der Waals surface area contributed by atoms with Crippen molar-refractivity contribution in [3.8, 4) is 22.6 Å². The van der Waals surface area contributed by atoms with Gasteiger partial charge in [-0.1, -0.05) is 11.6 Å². The standard InChI is InChI=1S/C31H35ClFN3O5/c1-31(2,3)41-30(39)36-19-9-7-18(8-10-19)35-27-21-13-20(17-11-23(32)29(38)26(12-17)40-4)24(33)14-25(21)34-15-22(27)28(37)16-5-6-16/h11-16,18-19,38H,5-10H2,1-4H3,(H,34,35)(H,36,39)/t18-,19-. The molecule has 2 aliphatic carbocycles. The quantitative estimate of drug-likeness (QED) is 0.251. The van der Waals surface area contributed by atoms with Gasteiger partial charge in [0.25, 0.3) is 0 Å². The van der Waals surface area contributed by atoms with Crippen LogP contribution < -0.4 is 15.4 Å². The van der Waals surface area contributed by atoms with Crippen LogP contribution in [-0.4, -0.2) is 46.8 Å². The van der Waals surface area contributed by atoms with E-state index < -0.39 is 17.5 Å². The van der Waals surface area contributed by atoms with Crippen molar-refractivity contribution in [3.05, 3.63) is 46.9 Å². The van der Waals surface area contributed by atoms with Gasteiger partial charge in [0, 0.05) is 41.2 Å². The van der Waals surface area contributed by atoms with Gasteiger partial charge in [-0.3, -0.25) is 9.78 Å². The Morgan fingerprint density at radius 1 is 1.05 bits per heavy atom. The Hall–Kier alpha value is -3.59. The number of anilines is 1. The van der Waals surface area contributed by atoms with Gasteiger partial charge in [-0.05, 0) is 83.1 Å². The molecule has 0 saturated heterocycles. The maximum absolute atomic E-state index is 15.4. The van der Waals surface area contributed by atoms with Crippen molar-refractivity contribution >= 4 is 40.1 Å². The predicted octanol–water partition coefficient (Wildman–Crippen LogP) is 7.25. The molecule has 10 heteroatoms. The third-order valence-electron chi connectivity index (χ3n) is 7.53. The highest BCUT2D eigenvalue weighted by Crippen LogP contribution is 2.42. The van der Waals surface area contributed by atoms with Crippen molar-refractivity contribution in [1.29, 1.82) is 0 Å². The van der Waals surface area contributed by atoms with Crippen LogP contribution in [0.5, 0.6) is 11.5 Å². The van der Waals surface area contributed by atoms with E-state index in [0.717, 1.165) is 38.5 Å². The van der Waals surface area contributed by atoms with E-state index in [2.05, 4.69) is 15.6 Å². The zero-order valence-corrected chi connectivity index (χ0v) is 24.4. The van der Waals surface area contributed by atoms with Crippen molar-refractivity contribution in [2.45, 2.75) is 77.0 Å². The number of ketones is 1. The number of amides is 1. The van der Waals surface area contributed by atoms with Crippen LogP contribution in [0.3, 0.4) is 0 Å². The van der Waals surface area contributed by atoms with E-state index >= 15 is 4.39 Å². The van der Waals surface area contributed by atoms with Crippen LogP contribution in [0.25, 0.3) is 22.0 Å². The SMILES string of the molecule is COc1cc(-c2cc3c(N[C@H]4CC[C@H](NC(=O)OC(C)(C)C)CC4)c(C(=O)C4CC4)cnc3cc2F)cc(Cl)c1O. The van der Waals surface area contributed by atoms with Crippen molar-refractivity contribution in [1.82, 2.24) is 10.3 Å². The Kier molecular flexibility index (Phi) is 8.01. The largest absolute Gasteiger partial charge is 0.503 e. The molecule has 2 aromatic carbocycles. The predicted molar refractivity (Wildman–Crippen MR) is 156 cm³/mol. The number of aromatic nitrogens is 1. The first-order chi connectivity index (χ1) is 19.4. The number of pyridine rings is 1. The van der Waals surface area contributed by atoms with E-state index in [1.165, 1.54) is 25.3 Å². The minimum Gasteiger partial charge on any atom is -0.503 e. The average Bonchev–Trinajstić information content (AvgIpc) is 3.75. The minimum absolute atomic E-state index is 0.000394. The molecule has 1 heterocycles. The fraction of sp³-hybridized carbons (Fsp3) is 0.452. The maximum atomic E-state index is 15.4. The number of rotatable bonds is 7. The molecule has 2 saturated carbocycles. The number of ether oxygens (including phenoxy) is 2. The summed E-state index contributed by atoms with van der Waals surface area (Å²) in [6.07, 6.45) is 5.83. The fourth-order valence-electron chi connectivity index (χ4n) is 5.29. The van der Waals surface area contributed by atoms with Crippen LogP contribution in [0.1, 0.15) is 69.7 Å². The number of methoxy groups -OCH3 is 1. The van der Waals surface area contributed by atoms with E-state index in [1.807, 2.05) is 20.8 Å². The van der Waals surface area contributed by atoms with E-state index in [9.17, 15) is 14.7 Å². The minimum atomic E-state index is -0.565. The number of phenolic OH excluding ortho intramolecular Hbond substituents is 1. The molecule has 2 fully saturated rings. The van der Waals surface area contributed by atoms with E-state index in [0.29, 0.717) is 27.7 Å². The molecule has 0 radical (unpaired) electrons. The van der Waals surface area contributed by atoms with Crippen LogP contribution in [-0.2, 0) is 4.74 Å². The first kappa shape index (κ1) is 28.9. The van der Waals surface area contributed by atoms with E-state index in [-0.39, 0.29) is 45.9 Å². The van der Waals surface area contributed by atoms with Gasteiger partial charge in [0.2, 0.25) is 0 Å². The summed E-state index contributed by atoms with van der Waals surface area (Å²) in [5, 5.41) is 17.4. The average molecular weight is 584 g/mol. The molecule has 0 atom stereocenters. The number of Topliss-reactive ketones (excluding diaryl/α,β-unsaturated/α-hetero) is 1. The second-order valence-corrected chi connectivity index (χ2v) is 12.3. The number of phenols is 1. The van der Waals surface area contributed by atoms with Crippen molar-refractivity contribution in [3.63, 3.8) is 0 Å². The van der Waals surface area contributed by atoms with E-state index in [1.54, 1.807) is 12.3 Å². The number of halogens is 2. The molecule has 0 aliphatic heterocycles. The maximum Gasteiger partial charge on any atom is 0.407 e. The molecule has 218 valence electrons. The Morgan fingerprint density at radius 2 is 1.73 bits per heavy atom. The van der Waals surface area contributed by atoms with Crippen LogP contribution >= 0.6 is 11.6 Å². The molecule has 1 aromatic heterocycles. The summed E-state index contributed by atoms with van der Waals surface area (Å²) in [6, 6.07) is 6.05. The molecule has 5 rings (SSSR count). The molecule has 0 spiro atoms. The third-order valence-corrected chi connectivity index (χ3v) is 7.81. The number of nitrogens with one attached hydrogen (secondary N) is 2. The zero-order valence-electron chi connectivity index (χ0n) is 23.6. The monoisotopic (exact) mass is 583 g/mol. The highest BCUT2D eigenvalue weighted by Gasteiger charge is 2.34. The Balaban J connectivity index is 1.46. The number of hydrogen-bond acceptors (Lipinski definition) is 7. The lowest BCUT2D eigenvalue weighted by Gasteiger charge is -2.31. The van der Waals surface area contributed by atoms with Crippen molar-refractivity contribution < 1.29 is 28.6 Å². The highest BCUT2D eigenvalue weighted by atomic mass is 35.5. The summed E-state index contributed by atoms with van der Waals surface area (Å²) >= 11 is 6.21. The molecular weight excluding hydrogens is 549 g/mol. The zero-order chi connectivity index (χ0) is 29.5.